The van der Waals surface area contributed by atoms with Crippen molar-refractivity contribution in [2.45, 2.75) is 63.7 Å². The van der Waals surface area contributed by atoms with Crippen molar-refractivity contribution >= 4 is 18.3 Å². The van der Waals surface area contributed by atoms with E-state index in [2.05, 4.69) is 0 Å². The Hall–Kier alpha value is -1.27. The van der Waals surface area contributed by atoms with Gasteiger partial charge in [0.2, 0.25) is 5.91 Å². The molecular formula is C18H26ClF3N2O. The smallest absolute Gasteiger partial charge is 0.338 e. The number of nitrogens with two attached hydrogens (primary N) is 1. The van der Waals surface area contributed by atoms with Crippen LogP contribution in [0, 0.1) is 0 Å². The lowest BCUT2D eigenvalue weighted by Crippen LogP contribution is -2.51. The fourth-order valence-electron chi connectivity index (χ4n) is 3.33. The highest BCUT2D eigenvalue weighted by Crippen LogP contribution is 2.32. The first-order chi connectivity index (χ1) is 11.2. The largest absolute Gasteiger partial charge is 0.416 e. The molecule has 3 unspecified atom stereocenters. The molecule has 0 aromatic heterocycles. The van der Waals surface area contributed by atoms with E-state index in [4.69, 9.17) is 5.73 Å². The molecule has 3 nitrogen and oxygen atoms in total. The van der Waals surface area contributed by atoms with Crippen molar-refractivity contribution in [3.63, 3.8) is 0 Å². The Labute approximate surface area is 153 Å². The number of benzene rings is 1. The predicted octanol–water partition coefficient (Wildman–Crippen LogP) is 4.35. The molecule has 0 spiro atoms. The van der Waals surface area contributed by atoms with E-state index in [0.29, 0.717) is 12.1 Å². The van der Waals surface area contributed by atoms with E-state index in [9.17, 15) is 18.0 Å². The Kier molecular flexibility index (Phi) is 7.75. The zero-order valence-corrected chi connectivity index (χ0v) is 15.4. The second-order valence-electron chi connectivity index (χ2n) is 6.74. The predicted molar refractivity (Wildman–Crippen MR) is 94.7 cm³/mol. The van der Waals surface area contributed by atoms with E-state index in [0.717, 1.165) is 31.4 Å². The minimum atomic E-state index is -4.37. The number of hydrogen-bond donors (Lipinski definition) is 1. The van der Waals surface area contributed by atoms with Gasteiger partial charge < -0.3 is 10.6 Å². The Morgan fingerprint density at radius 3 is 2.60 bits per heavy atom. The molecule has 2 rings (SSSR count). The summed E-state index contributed by atoms with van der Waals surface area (Å²) in [6.45, 7) is 4.37. The van der Waals surface area contributed by atoms with Gasteiger partial charge in [-0.25, -0.2) is 0 Å². The van der Waals surface area contributed by atoms with Crippen molar-refractivity contribution in [2.75, 3.05) is 6.54 Å². The van der Waals surface area contributed by atoms with E-state index < -0.39 is 11.7 Å². The van der Waals surface area contributed by atoms with Crippen LogP contribution < -0.4 is 5.73 Å². The number of carbonyl (C=O) groups excluding carboxylic acids is 1. The van der Waals surface area contributed by atoms with Crippen molar-refractivity contribution < 1.29 is 18.0 Å². The third-order valence-electron chi connectivity index (χ3n) is 4.74. The Morgan fingerprint density at radius 2 is 2.00 bits per heavy atom. The van der Waals surface area contributed by atoms with Crippen LogP contribution in [0.3, 0.4) is 0 Å². The van der Waals surface area contributed by atoms with Crippen LogP contribution in [0.1, 0.15) is 56.6 Å². The van der Waals surface area contributed by atoms with Crippen LogP contribution in [0.5, 0.6) is 0 Å². The van der Waals surface area contributed by atoms with Gasteiger partial charge in [0, 0.05) is 25.0 Å². The minimum Gasteiger partial charge on any atom is -0.338 e. The van der Waals surface area contributed by atoms with E-state index in [1.54, 1.807) is 13.0 Å². The molecule has 1 amide bonds. The molecule has 1 aromatic carbocycles. The number of hydrogen-bond acceptors (Lipinski definition) is 2. The topological polar surface area (TPSA) is 46.3 Å². The van der Waals surface area contributed by atoms with Gasteiger partial charge in [-0.2, -0.15) is 13.2 Å². The molecule has 0 aliphatic carbocycles. The molecule has 1 heterocycles. The van der Waals surface area contributed by atoms with Gasteiger partial charge in [0.1, 0.15) is 0 Å². The monoisotopic (exact) mass is 378 g/mol. The Morgan fingerprint density at radius 1 is 1.32 bits per heavy atom. The van der Waals surface area contributed by atoms with Gasteiger partial charge in [0.15, 0.2) is 0 Å². The van der Waals surface area contributed by atoms with Crippen molar-refractivity contribution in [3.8, 4) is 0 Å². The minimum absolute atomic E-state index is 0. The highest BCUT2D eigenvalue weighted by Gasteiger charge is 2.32. The molecule has 1 fully saturated rings. The van der Waals surface area contributed by atoms with Crippen LogP contribution in [0.2, 0.25) is 0 Å². The summed E-state index contributed by atoms with van der Waals surface area (Å²) in [6.07, 6.45) is -1.27. The average Bonchev–Trinajstić information content (AvgIpc) is 2.54. The first-order valence-electron chi connectivity index (χ1n) is 8.42. The van der Waals surface area contributed by atoms with Crippen molar-refractivity contribution in [1.82, 2.24) is 4.90 Å². The molecular weight excluding hydrogens is 353 g/mol. The van der Waals surface area contributed by atoms with Gasteiger partial charge >= 0.3 is 6.18 Å². The number of halogens is 4. The fourth-order valence-corrected chi connectivity index (χ4v) is 3.33. The molecule has 1 aliphatic rings. The van der Waals surface area contributed by atoms with Crippen molar-refractivity contribution in [2.24, 2.45) is 5.73 Å². The molecule has 0 bridgehead atoms. The first kappa shape index (κ1) is 21.8. The summed E-state index contributed by atoms with van der Waals surface area (Å²) >= 11 is 0. The van der Waals surface area contributed by atoms with Gasteiger partial charge in [-0.1, -0.05) is 25.1 Å². The molecule has 1 saturated heterocycles. The summed E-state index contributed by atoms with van der Waals surface area (Å²) in [7, 11) is 0. The zero-order chi connectivity index (χ0) is 17.9. The molecule has 7 heteroatoms. The maximum Gasteiger partial charge on any atom is 0.416 e. The standard InChI is InChI=1S/C18H25F3N2O.ClH/c1-12(14-6-5-7-15(11-14)18(19,20)21)10-17(24)23-9-4-3-8-16(23)13(2)22;/h5-7,11-13,16H,3-4,8-10,22H2,1-2H3;1H. The highest BCUT2D eigenvalue weighted by molar-refractivity contribution is 5.85. The summed E-state index contributed by atoms with van der Waals surface area (Å²) < 4.78 is 38.5. The lowest BCUT2D eigenvalue weighted by atomic mass is 9.92. The summed E-state index contributed by atoms with van der Waals surface area (Å²) in [4.78, 5) is 14.4. The Bertz CT molecular complexity index is 578. The van der Waals surface area contributed by atoms with E-state index in [-0.39, 0.29) is 42.7 Å². The van der Waals surface area contributed by atoms with E-state index >= 15 is 0 Å². The third kappa shape index (κ3) is 5.61. The van der Waals surface area contributed by atoms with Crippen LogP contribution in [0.4, 0.5) is 13.2 Å². The van der Waals surface area contributed by atoms with Crippen molar-refractivity contribution in [3.05, 3.63) is 35.4 Å². The molecule has 3 atom stereocenters. The van der Waals surface area contributed by atoms with Crippen LogP contribution in [-0.4, -0.2) is 29.4 Å². The zero-order valence-electron chi connectivity index (χ0n) is 14.6. The molecule has 0 saturated carbocycles. The summed E-state index contributed by atoms with van der Waals surface area (Å²) in [6, 6.07) is 5.15. The summed E-state index contributed by atoms with van der Waals surface area (Å²) in [5.41, 5.74) is 5.85. The number of amides is 1. The third-order valence-corrected chi connectivity index (χ3v) is 4.74. The average molecular weight is 379 g/mol. The maximum absolute atomic E-state index is 12.8. The second-order valence-corrected chi connectivity index (χ2v) is 6.74. The molecule has 25 heavy (non-hydrogen) atoms. The number of carbonyl (C=O) groups is 1. The highest BCUT2D eigenvalue weighted by atomic mass is 35.5. The van der Waals surface area contributed by atoms with Crippen LogP contribution in [0.25, 0.3) is 0 Å². The number of nitrogens with zero attached hydrogens (tertiary/aromatic N) is 1. The Balaban J connectivity index is 0.00000312. The van der Waals surface area contributed by atoms with Gasteiger partial charge in [-0.05, 0) is 43.7 Å². The SMILES string of the molecule is CC(CC(=O)N1CCCCC1C(C)N)c1cccc(C(F)(F)F)c1.Cl. The van der Waals surface area contributed by atoms with Gasteiger partial charge in [0.25, 0.3) is 0 Å². The van der Waals surface area contributed by atoms with Crippen LogP contribution >= 0.6 is 12.4 Å². The fraction of sp³-hybridized carbons (Fsp3) is 0.611. The van der Waals surface area contributed by atoms with E-state index in [1.807, 2.05) is 11.8 Å². The molecule has 1 aliphatic heterocycles. The lowest BCUT2D eigenvalue weighted by molar-refractivity contribution is -0.137. The molecule has 0 radical (unpaired) electrons. The normalized spacial score (nSPS) is 20.6. The van der Waals surface area contributed by atoms with E-state index in [1.165, 1.54) is 6.07 Å². The quantitative estimate of drug-likeness (QED) is 0.846. The molecule has 2 N–H and O–H groups in total. The van der Waals surface area contributed by atoms with Gasteiger partial charge in [-0.3, -0.25) is 4.79 Å². The number of likely N-dealkylation sites (tertiary alicyclic amines) is 1. The second kappa shape index (κ2) is 8.90. The van der Waals surface area contributed by atoms with Gasteiger partial charge in [-0.15, -0.1) is 12.4 Å². The number of rotatable bonds is 4. The first-order valence-corrected chi connectivity index (χ1v) is 8.42. The number of piperidine rings is 1. The summed E-state index contributed by atoms with van der Waals surface area (Å²) in [5.74, 6) is -0.294. The van der Waals surface area contributed by atoms with Crippen LogP contribution in [-0.2, 0) is 11.0 Å². The van der Waals surface area contributed by atoms with Crippen LogP contribution in [0.15, 0.2) is 24.3 Å². The lowest BCUT2D eigenvalue weighted by Gasteiger charge is -2.38. The van der Waals surface area contributed by atoms with Gasteiger partial charge in [0.05, 0.1) is 5.56 Å². The maximum atomic E-state index is 12.8. The molecule has 1 aromatic rings. The summed E-state index contributed by atoms with van der Waals surface area (Å²) in [5, 5.41) is 0. The number of alkyl halides is 3. The van der Waals surface area contributed by atoms with Crippen molar-refractivity contribution in [1.29, 1.82) is 0 Å². The molecule has 142 valence electrons.